The van der Waals surface area contributed by atoms with E-state index in [0.717, 1.165) is 20.7 Å². The first kappa shape index (κ1) is 11.6. The third kappa shape index (κ3) is 3.06. The van der Waals surface area contributed by atoms with Crippen LogP contribution >= 0.6 is 23.1 Å². The van der Waals surface area contributed by atoms with Crippen molar-refractivity contribution in [1.29, 1.82) is 0 Å². The molecule has 84 valence electrons. The average Bonchev–Trinajstić information content (AvgIpc) is 2.79. The number of hydrogen-bond acceptors (Lipinski definition) is 4. The number of hydrogen-bond donors (Lipinski definition) is 0. The fourth-order valence-corrected chi connectivity index (χ4v) is 3.28. The molecule has 1 heterocycles. The van der Waals surface area contributed by atoms with Gasteiger partial charge in [0.25, 0.3) is 0 Å². The summed E-state index contributed by atoms with van der Waals surface area (Å²) in [6.07, 6.45) is 2.47. The molecular weight excluding hydrogens is 236 g/mol. The molecule has 0 unspecified atom stereocenters. The Morgan fingerprint density at radius 1 is 1.19 bits per heavy atom. The molecule has 4 heteroatoms. The first-order chi connectivity index (χ1) is 7.90. The Kier molecular flexibility index (Phi) is 4.36. The molecule has 1 aromatic heterocycles. The number of rotatable bonds is 5. The lowest BCUT2D eigenvalue weighted by Gasteiger charge is -1.93. The maximum Gasteiger partial charge on any atom is 0.174 e. The molecule has 0 saturated heterocycles. The van der Waals surface area contributed by atoms with E-state index in [4.69, 9.17) is 0 Å². The van der Waals surface area contributed by atoms with Crippen LogP contribution in [0.1, 0.15) is 19.8 Å². The van der Waals surface area contributed by atoms with E-state index in [1.165, 1.54) is 12.8 Å². The highest BCUT2D eigenvalue weighted by atomic mass is 32.2. The van der Waals surface area contributed by atoms with E-state index in [9.17, 15) is 0 Å². The first-order valence-corrected chi connectivity index (χ1v) is 7.22. The Labute approximate surface area is 104 Å². The molecule has 0 atom stereocenters. The second-order valence-electron chi connectivity index (χ2n) is 3.44. The van der Waals surface area contributed by atoms with Gasteiger partial charge in [-0.2, -0.15) is 0 Å². The summed E-state index contributed by atoms with van der Waals surface area (Å²) in [5.74, 6) is 1.14. The number of thioether (sulfide) groups is 1. The van der Waals surface area contributed by atoms with Crippen LogP contribution in [0.3, 0.4) is 0 Å². The fourth-order valence-electron chi connectivity index (χ4n) is 1.27. The highest BCUT2D eigenvalue weighted by molar-refractivity contribution is 8.01. The quantitative estimate of drug-likeness (QED) is 0.590. The molecule has 0 saturated carbocycles. The Bertz CT molecular complexity index is 426. The van der Waals surface area contributed by atoms with Gasteiger partial charge in [-0.25, -0.2) is 0 Å². The summed E-state index contributed by atoms with van der Waals surface area (Å²) in [4.78, 5) is 0. The van der Waals surface area contributed by atoms with Crippen molar-refractivity contribution < 1.29 is 0 Å². The standard InChI is InChI=1S/C12H14N2S2/c1-2-3-9-15-12-14-13-11(16-12)10-7-5-4-6-8-10/h4-8H,2-3,9H2,1H3. The van der Waals surface area contributed by atoms with Gasteiger partial charge < -0.3 is 0 Å². The van der Waals surface area contributed by atoms with Crippen molar-refractivity contribution in [2.75, 3.05) is 5.75 Å². The predicted molar refractivity (Wildman–Crippen MR) is 71.0 cm³/mol. The van der Waals surface area contributed by atoms with Crippen molar-refractivity contribution in [2.45, 2.75) is 24.1 Å². The molecule has 16 heavy (non-hydrogen) atoms. The summed E-state index contributed by atoms with van der Waals surface area (Å²) < 4.78 is 1.08. The smallest absolute Gasteiger partial charge is 0.137 e. The zero-order valence-corrected chi connectivity index (χ0v) is 10.9. The van der Waals surface area contributed by atoms with E-state index in [0.29, 0.717) is 0 Å². The Hall–Kier alpha value is -0.870. The highest BCUT2D eigenvalue weighted by Gasteiger charge is 2.05. The molecule has 0 radical (unpaired) electrons. The molecule has 0 aliphatic heterocycles. The lowest BCUT2D eigenvalue weighted by molar-refractivity contribution is 0.894. The molecule has 1 aromatic carbocycles. The maximum absolute atomic E-state index is 4.21. The predicted octanol–water partition coefficient (Wildman–Crippen LogP) is 4.10. The third-order valence-corrected chi connectivity index (χ3v) is 4.34. The molecule has 0 fully saturated rings. The van der Waals surface area contributed by atoms with Crippen LogP contribution in [0, 0.1) is 0 Å². The van der Waals surface area contributed by atoms with Crippen LogP contribution in [0.15, 0.2) is 34.7 Å². The minimum absolute atomic E-state index is 1.01. The van der Waals surface area contributed by atoms with Gasteiger partial charge in [-0.05, 0) is 6.42 Å². The maximum atomic E-state index is 4.21. The lowest BCUT2D eigenvalue weighted by Crippen LogP contribution is -1.77. The van der Waals surface area contributed by atoms with Crippen LogP contribution < -0.4 is 0 Å². The highest BCUT2D eigenvalue weighted by Crippen LogP contribution is 2.29. The summed E-state index contributed by atoms with van der Waals surface area (Å²) >= 11 is 3.48. The van der Waals surface area contributed by atoms with Gasteiger partial charge in [0.15, 0.2) is 4.34 Å². The normalized spacial score (nSPS) is 10.6. The molecule has 0 amide bonds. The van der Waals surface area contributed by atoms with E-state index >= 15 is 0 Å². The van der Waals surface area contributed by atoms with Gasteiger partial charge >= 0.3 is 0 Å². The van der Waals surface area contributed by atoms with Gasteiger partial charge in [-0.3, -0.25) is 0 Å². The van der Waals surface area contributed by atoms with E-state index in [-0.39, 0.29) is 0 Å². The zero-order chi connectivity index (χ0) is 11.2. The summed E-state index contributed by atoms with van der Waals surface area (Å²) in [7, 11) is 0. The lowest BCUT2D eigenvalue weighted by atomic mass is 10.2. The molecule has 0 spiro atoms. The van der Waals surface area contributed by atoms with E-state index < -0.39 is 0 Å². The third-order valence-electron chi connectivity index (χ3n) is 2.15. The molecular formula is C12H14N2S2. The molecule has 0 aliphatic rings. The molecule has 0 bridgehead atoms. The number of nitrogens with zero attached hydrogens (tertiary/aromatic N) is 2. The van der Waals surface area contributed by atoms with E-state index in [2.05, 4.69) is 29.3 Å². The van der Waals surface area contributed by atoms with Crippen molar-refractivity contribution in [3.8, 4) is 10.6 Å². The van der Waals surface area contributed by atoms with Crippen LogP contribution in [0.4, 0.5) is 0 Å². The van der Waals surface area contributed by atoms with Gasteiger partial charge in [0.1, 0.15) is 5.01 Å². The summed E-state index contributed by atoms with van der Waals surface area (Å²) in [6.45, 7) is 2.20. The minimum Gasteiger partial charge on any atom is -0.137 e. The summed E-state index contributed by atoms with van der Waals surface area (Å²) in [5, 5.41) is 9.42. The van der Waals surface area contributed by atoms with Crippen molar-refractivity contribution in [3.05, 3.63) is 30.3 Å². The van der Waals surface area contributed by atoms with Crippen molar-refractivity contribution >= 4 is 23.1 Å². The Morgan fingerprint density at radius 2 is 2.00 bits per heavy atom. The number of unbranched alkanes of at least 4 members (excludes halogenated alkanes) is 1. The van der Waals surface area contributed by atoms with Crippen LogP contribution in [0.5, 0.6) is 0 Å². The van der Waals surface area contributed by atoms with Crippen LogP contribution in [-0.2, 0) is 0 Å². The van der Waals surface area contributed by atoms with Crippen LogP contribution in [-0.4, -0.2) is 16.0 Å². The first-order valence-electron chi connectivity index (χ1n) is 5.42. The summed E-state index contributed by atoms with van der Waals surface area (Å²) in [5.41, 5.74) is 1.15. The van der Waals surface area contributed by atoms with Crippen LogP contribution in [0.25, 0.3) is 10.6 Å². The number of aromatic nitrogens is 2. The molecule has 0 aliphatic carbocycles. The van der Waals surface area contributed by atoms with Crippen LogP contribution in [0.2, 0.25) is 0 Å². The second-order valence-corrected chi connectivity index (χ2v) is 5.76. The summed E-state index contributed by atoms with van der Waals surface area (Å²) in [6, 6.07) is 10.2. The fraction of sp³-hybridized carbons (Fsp3) is 0.333. The molecule has 2 aromatic rings. The van der Waals surface area contributed by atoms with Gasteiger partial charge in [0, 0.05) is 11.3 Å². The van der Waals surface area contributed by atoms with Crippen molar-refractivity contribution in [2.24, 2.45) is 0 Å². The SMILES string of the molecule is CCCCSc1nnc(-c2ccccc2)s1. The van der Waals surface area contributed by atoms with Gasteiger partial charge in [-0.15, -0.1) is 10.2 Å². The zero-order valence-electron chi connectivity index (χ0n) is 9.22. The van der Waals surface area contributed by atoms with E-state index in [1.54, 1.807) is 23.1 Å². The van der Waals surface area contributed by atoms with E-state index in [1.807, 2.05) is 18.2 Å². The average molecular weight is 250 g/mol. The largest absolute Gasteiger partial charge is 0.174 e. The molecule has 0 N–H and O–H groups in total. The number of benzene rings is 1. The van der Waals surface area contributed by atoms with Crippen molar-refractivity contribution in [3.63, 3.8) is 0 Å². The Balaban J connectivity index is 2.02. The minimum atomic E-state index is 1.01. The second kappa shape index (κ2) is 6.01. The van der Waals surface area contributed by atoms with Gasteiger partial charge in [-0.1, -0.05) is 66.8 Å². The monoisotopic (exact) mass is 250 g/mol. The van der Waals surface area contributed by atoms with Crippen molar-refractivity contribution in [1.82, 2.24) is 10.2 Å². The molecule has 2 nitrogen and oxygen atoms in total. The van der Waals surface area contributed by atoms with Gasteiger partial charge in [0.05, 0.1) is 0 Å². The van der Waals surface area contributed by atoms with Gasteiger partial charge in [0.2, 0.25) is 0 Å². The Morgan fingerprint density at radius 3 is 2.75 bits per heavy atom. The molecule has 2 rings (SSSR count). The topological polar surface area (TPSA) is 25.8 Å².